The van der Waals surface area contributed by atoms with Crippen molar-refractivity contribution in [3.8, 4) is 0 Å². The molecule has 1 heterocycles. The summed E-state index contributed by atoms with van der Waals surface area (Å²) < 4.78 is 4.94. The summed E-state index contributed by atoms with van der Waals surface area (Å²) in [5.74, 6) is -0.147. The number of nitrogens with one attached hydrogen (secondary N) is 1. The second-order valence-corrected chi connectivity index (χ2v) is 2.68. The first kappa shape index (κ1) is 9.70. The van der Waals surface area contributed by atoms with Crippen molar-refractivity contribution in [2.75, 3.05) is 6.61 Å². The number of carbonyl (C=O) groups is 1. The van der Waals surface area contributed by atoms with Gasteiger partial charge in [0.2, 0.25) is 0 Å². The van der Waals surface area contributed by atoms with Gasteiger partial charge in [0.15, 0.2) is 0 Å². The largest absolute Gasteiger partial charge is 0.465 e. The van der Waals surface area contributed by atoms with Gasteiger partial charge in [-0.15, -0.1) is 0 Å². The summed E-state index contributed by atoms with van der Waals surface area (Å²) in [6.07, 6.45) is 3.54. The number of rotatable bonds is 5. The number of carbonyl (C=O) groups excluding carboxylic acids is 1. The molecule has 0 amide bonds. The Bertz CT molecular complexity index is 246. The van der Waals surface area contributed by atoms with Crippen molar-refractivity contribution in [2.45, 2.75) is 26.2 Å². The number of hydrogen-bond acceptors (Lipinski definition) is 4. The van der Waals surface area contributed by atoms with E-state index in [1.165, 1.54) is 0 Å². The Hall–Kier alpha value is -1.39. The van der Waals surface area contributed by atoms with Crippen molar-refractivity contribution < 1.29 is 9.53 Å². The predicted octanol–water partition coefficient (Wildman–Crippen LogP) is 0.690. The first-order valence-corrected chi connectivity index (χ1v) is 4.33. The molecule has 0 aliphatic heterocycles. The van der Waals surface area contributed by atoms with Gasteiger partial charge in [0, 0.05) is 12.8 Å². The normalized spacial score (nSPS) is 9.92. The highest BCUT2D eigenvalue weighted by atomic mass is 16.5. The van der Waals surface area contributed by atoms with Crippen LogP contribution in [0.2, 0.25) is 0 Å². The van der Waals surface area contributed by atoms with E-state index >= 15 is 0 Å². The van der Waals surface area contributed by atoms with Crippen LogP contribution >= 0.6 is 0 Å². The van der Waals surface area contributed by atoms with Crippen molar-refractivity contribution in [3.63, 3.8) is 0 Å². The lowest BCUT2D eigenvalue weighted by Crippen LogP contribution is -2.07. The van der Waals surface area contributed by atoms with Crippen LogP contribution in [0.3, 0.4) is 0 Å². The molecule has 0 radical (unpaired) electrons. The third kappa shape index (κ3) is 3.68. The van der Waals surface area contributed by atoms with Gasteiger partial charge in [-0.3, -0.25) is 4.79 Å². The highest BCUT2D eigenvalue weighted by Gasteiger charge is 2.01. The predicted molar refractivity (Wildman–Crippen MR) is 46.0 cm³/mol. The van der Waals surface area contributed by atoms with E-state index in [1.807, 2.05) is 6.92 Å². The quantitative estimate of drug-likeness (QED) is 0.682. The van der Waals surface area contributed by atoms with Crippen LogP contribution in [-0.2, 0) is 16.0 Å². The van der Waals surface area contributed by atoms with Gasteiger partial charge in [-0.05, 0) is 6.42 Å². The third-order valence-corrected chi connectivity index (χ3v) is 1.54. The monoisotopic (exact) mass is 183 g/mol. The summed E-state index contributed by atoms with van der Waals surface area (Å²) in [7, 11) is 0. The molecule has 0 spiro atoms. The molecule has 72 valence electrons. The Balaban J connectivity index is 2.11. The minimum atomic E-state index is -0.147. The van der Waals surface area contributed by atoms with E-state index < -0.39 is 0 Å². The fraction of sp³-hybridized carbons (Fsp3) is 0.625. The first-order valence-electron chi connectivity index (χ1n) is 4.33. The summed E-state index contributed by atoms with van der Waals surface area (Å²) in [6, 6.07) is 0. The van der Waals surface area contributed by atoms with Crippen molar-refractivity contribution in [1.29, 1.82) is 0 Å². The SMILES string of the molecule is CCCC(=O)OCCc1cn[nH]n1. The topological polar surface area (TPSA) is 67.9 Å². The van der Waals surface area contributed by atoms with E-state index in [0.29, 0.717) is 19.4 Å². The molecule has 0 aromatic carbocycles. The van der Waals surface area contributed by atoms with Gasteiger partial charge in [-0.1, -0.05) is 6.92 Å². The highest BCUT2D eigenvalue weighted by molar-refractivity contribution is 5.69. The van der Waals surface area contributed by atoms with Crippen LogP contribution in [0.25, 0.3) is 0 Å². The van der Waals surface area contributed by atoms with Crippen molar-refractivity contribution in [3.05, 3.63) is 11.9 Å². The lowest BCUT2D eigenvalue weighted by atomic mass is 10.3. The van der Waals surface area contributed by atoms with Crippen LogP contribution in [0.1, 0.15) is 25.5 Å². The molecular weight excluding hydrogens is 170 g/mol. The molecule has 1 N–H and O–H groups in total. The lowest BCUT2D eigenvalue weighted by molar-refractivity contribution is -0.143. The molecule has 0 aliphatic carbocycles. The molecule has 5 heteroatoms. The van der Waals surface area contributed by atoms with Crippen molar-refractivity contribution in [2.24, 2.45) is 0 Å². The molecule has 1 aromatic rings. The fourth-order valence-corrected chi connectivity index (χ4v) is 0.892. The van der Waals surface area contributed by atoms with Crippen LogP contribution in [0, 0.1) is 0 Å². The van der Waals surface area contributed by atoms with Gasteiger partial charge in [-0.2, -0.15) is 15.4 Å². The maximum atomic E-state index is 10.9. The zero-order valence-electron chi connectivity index (χ0n) is 7.62. The number of ether oxygens (including phenoxy) is 1. The molecule has 0 aliphatic rings. The van der Waals surface area contributed by atoms with E-state index in [1.54, 1.807) is 6.20 Å². The van der Waals surface area contributed by atoms with Crippen molar-refractivity contribution in [1.82, 2.24) is 15.4 Å². The van der Waals surface area contributed by atoms with Gasteiger partial charge >= 0.3 is 5.97 Å². The van der Waals surface area contributed by atoms with E-state index in [2.05, 4.69) is 15.4 Å². The van der Waals surface area contributed by atoms with Gasteiger partial charge < -0.3 is 4.74 Å². The van der Waals surface area contributed by atoms with Crippen molar-refractivity contribution >= 4 is 5.97 Å². The molecule has 0 fully saturated rings. The minimum absolute atomic E-state index is 0.147. The summed E-state index contributed by atoms with van der Waals surface area (Å²) in [4.78, 5) is 10.9. The van der Waals surface area contributed by atoms with E-state index in [-0.39, 0.29) is 5.97 Å². The Morgan fingerprint density at radius 2 is 2.54 bits per heavy atom. The summed E-state index contributed by atoms with van der Waals surface area (Å²) in [5.41, 5.74) is 0.810. The second-order valence-electron chi connectivity index (χ2n) is 2.68. The number of esters is 1. The zero-order chi connectivity index (χ0) is 9.52. The average molecular weight is 183 g/mol. The van der Waals surface area contributed by atoms with Crippen LogP contribution < -0.4 is 0 Å². The standard InChI is InChI=1S/C8H13N3O2/c1-2-3-8(12)13-5-4-7-6-9-11-10-7/h6H,2-5H2,1H3,(H,9,10,11). The molecule has 1 rings (SSSR count). The summed E-state index contributed by atoms with van der Waals surface area (Å²) >= 11 is 0. The van der Waals surface area contributed by atoms with Crippen LogP contribution in [0.4, 0.5) is 0 Å². The van der Waals surface area contributed by atoms with Crippen LogP contribution in [0.15, 0.2) is 6.20 Å². The lowest BCUT2D eigenvalue weighted by Gasteiger charge is -2.00. The highest BCUT2D eigenvalue weighted by Crippen LogP contribution is 1.94. The number of nitrogens with zero attached hydrogens (tertiary/aromatic N) is 2. The molecule has 5 nitrogen and oxygen atoms in total. The third-order valence-electron chi connectivity index (χ3n) is 1.54. The minimum Gasteiger partial charge on any atom is -0.465 e. The molecule has 0 saturated carbocycles. The number of hydrogen-bond donors (Lipinski definition) is 1. The maximum Gasteiger partial charge on any atom is 0.305 e. The fourth-order valence-electron chi connectivity index (χ4n) is 0.892. The average Bonchev–Trinajstić information content (AvgIpc) is 2.57. The number of H-pyrrole nitrogens is 1. The number of aromatic amines is 1. The molecule has 0 unspecified atom stereocenters. The van der Waals surface area contributed by atoms with Crippen LogP contribution in [0.5, 0.6) is 0 Å². The Morgan fingerprint density at radius 1 is 1.69 bits per heavy atom. The smallest absolute Gasteiger partial charge is 0.305 e. The Kier molecular flexibility index (Phi) is 3.95. The van der Waals surface area contributed by atoms with Gasteiger partial charge in [-0.25, -0.2) is 0 Å². The zero-order valence-corrected chi connectivity index (χ0v) is 7.62. The van der Waals surface area contributed by atoms with Gasteiger partial charge in [0.1, 0.15) is 0 Å². The van der Waals surface area contributed by atoms with E-state index in [0.717, 1.165) is 12.1 Å². The van der Waals surface area contributed by atoms with Gasteiger partial charge in [0.05, 0.1) is 18.5 Å². The van der Waals surface area contributed by atoms with E-state index in [4.69, 9.17) is 4.74 Å². The Morgan fingerprint density at radius 3 is 3.15 bits per heavy atom. The molecule has 0 atom stereocenters. The van der Waals surface area contributed by atoms with Gasteiger partial charge in [0.25, 0.3) is 0 Å². The van der Waals surface area contributed by atoms with E-state index in [9.17, 15) is 4.79 Å². The first-order chi connectivity index (χ1) is 6.33. The molecule has 1 aromatic heterocycles. The number of aromatic nitrogens is 3. The van der Waals surface area contributed by atoms with Crippen LogP contribution in [-0.4, -0.2) is 28.0 Å². The molecule has 0 saturated heterocycles. The Labute approximate surface area is 76.5 Å². The summed E-state index contributed by atoms with van der Waals surface area (Å²) in [6.45, 7) is 2.32. The molecule has 0 bridgehead atoms. The molecule has 13 heavy (non-hydrogen) atoms. The second kappa shape index (κ2) is 5.29. The summed E-state index contributed by atoms with van der Waals surface area (Å²) in [5, 5.41) is 9.96. The maximum absolute atomic E-state index is 10.9. The molecular formula is C8H13N3O2.